The van der Waals surface area contributed by atoms with Crippen LogP contribution >= 0.6 is 23.5 Å². The van der Waals surface area contributed by atoms with Crippen LogP contribution in [0, 0.1) is 6.92 Å². The topological polar surface area (TPSA) is 42.7 Å². The highest BCUT2D eigenvalue weighted by atomic mass is 32.2. The van der Waals surface area contributed by atoms with Gasteiger partial charge in [0.2, 0.25) is 0 Å². The van der Waals surface area contributed by atoms with Crippen LogP contribution in [0.2, 0.25) is 0 Å². The summed E-state index contributed by atoms with van der Waals surface area (Å²) in [6.45, 7) is 4.65. The van der Waals surface area contributed by atoms with Crippen LogP contribution in [0.4, 0.5) is 0 Å². The Morgan fingerprint density at radius 1 is 1.23 bits per heavy atom. The minimum atomic E-state index is 0.0401. The van der Waals surface area contributed by atoms with Gasteiger partial charge in [0.05, 0.1) is 17.3 Å². The fraction of sp³-hybridized carbons (Fsp3) is 0.688. The molecule has 0 radical (unpaired) electrons. The molecule has 22 heavy (non-hydrogen) atoms. The van der Waals surface area contributed by atoms with Gasteiger partial charge in [0.25, 0.3) is 5.91 Å². The number of aryl methyl sites for hydroxylation is 1. The molecule has 0 aromatic carbocycles. The van der Waals surface area contributed by atoms with Crippen LogP contribution < -0.4 is 0 Å². The number of morpholine rings is 1. The van der Waals surface area contributed by atoms with Crippen LogP contribution in [0.25, 0.3) is 0 Å². The first-order valence-electron chi connectivity index (χ1n) is 7.99. The smallest absolute Gasteiger partial charge is 0.290 e. The van der Waals surface area contributed by atoms with Crippen molar-refractivity contribution in [1.82, 2.24) is 4.90 Å². The van der Waals surface area contributed by atoms with Gasteiger partial charge in [-0.25, -0.2) is 0 Å². The molecule has 1 amide bonds. The number of rotatable bonds is 1. The Morgan fingerprint density at radius 2 is 1.95 bits per heavy atom. The van der Waals surface area contributed by atoms with E-state index in [1.54, 1.807) is 0 Å². The highest BCUT2D eigenvalue weighted by Crippen LogP contribution is 2.59. The summed E-state index contributed by atoms with van der Waals surface area (Å²) in [5, 5.41) is 0. The van der Waals surface area contributed by atoms with E-state index < -0.39 is 0 Å². The third-order valence-corrected chi connectivity index (χ3v) is 8.29. The summed E-state index contributed by atoms with van der Waals surface area (Å²) in [7, 11) is 0. The maximum Gasteiger partial charge on any atom is 0.290 e. The Balaban J connectivity index is 1.70. The summed E-state index contributed by atoms with van der Waals surface area (Å²) in [5.41, 5.74) is 2.40. The molecular formula is C16H21NO3S2. The molecule has 1 aromatic rings. The lowest BCUT2D eigenvalue weighted by atomic mass is 9.94. The van der Waals surface area contributed by atoms with Gasteiger partial charge in [0.15, 0.2) is 5.76 Å². The van der Waals surface area contributed by atoms with Crippen molar-refractivity contribution in [3.05, 3.63) is 22.6 Å². The first kappa shape index (κ1) is 15.0. The zero-order chi connectivity index (χ0) is 15.2. The van der Waals surface area contributed by atoms with E-state index in [9.17, 15) is 4.79 Å². The number of carbonyl (C=O) groups excluding carboxylic acids is 1. The van der Waals surface area contributed by atoms with Crippen molar-refractivity contribution in [2.24, 2.45) is 0 Å². The molecule has 2 aliphatic heterocycles. The van der Waals surface area contributed by atoms with E-state index in [4.69, 9.17) is 9.15 Å². The van der Waals surface area contributed by atoms with E-state index >= 15 is 0 Å². The molecule has 0 N–H and O–H groups in total. The second-order valence-corrected chi connectivity index (χ2v) is 9.11. The molecule has 3 aliphatic rings. The Bertz CT molecular complexity index is 586. The van der Waals surface area contributed by atoms with E-state index in [2.05, 4.69) is 6.92 Å². The van der Waals surface area contributed by atoms with Gasteiger partial charge >= 0.3 is 0 Å². The normalized spacial score (nSPS) is 23.8. The second-order valence-electron chi connectivity index (χ2n) is 6.06. The van der Waals surface area contributed by atoms with Gasteiger partial charge in [-0.2, -0.15) is 0 Å². The SMILES string of the molecule is Cc1c(C(=O)N2CCOCC2)oc2c1C1(CCC2)SCCS1. The number of hydrogen-bond donors (Lipinski definition) is 0. The lowest BCUT2D eigenvalue weighted by Crippen LogP contribution is -2.40. The largest absolute Gasteiger partial charge is 0.455 e. The fourth-order valence-electron chi connectivity index (χ4n) is 3.71. The van der Waals surface area contributed by atoms with E-state index in [0.717, 1.165) is 24.2 Å². The van der Waals surface area contributed by atoms with Crippen LogP contribution in [-0.4, -0.2) is 48.6 Å². The quantitative estimate of drug-likeness (QED) is 0.787. The van der Waals surface area contributed by atoms with Gasteiger partial charge in [-0.05, 0) is 19.8 Å². The van der Waals surface area contributed by atoms with Gasteiger partial charge < -0.3 is 14.1 Å². The summed E-state index contributed by atoms with van der Waals surface area (Å²) in [4.78, 5) is 14.7. The van der Waals surface area contributed by atoms with Crippen molar-refractivity contribution in [2.45, 2.75) is 30.3 Å². The number of carbonyl (C=O) groups is 1. The Morgan fingerprint density at radius 3 is 2.68 bits per heavy atom. The van der Waals surface area contributed by atoms with Gasteiger partial charge in [0.1, 0.15) is 5.76 Å². The standard InChI is InChI=1S/C16H21NO3S2/c1-11-13-12(3-2-4-16(13)21-9-10-22-16)20-14(11)15(18)17-5-7-19-8-6-17/h2-10H2,1H3. The van der Waals surface area contributed by atoms with Crippen molar-refractivity contribution in [3.8, 4) is 0 Å². The first-order chi connectivity index (χ1) is 10.7. The van der Waals surface area contributed by atoms with E-state index in [1.165, 1.54) is 23.5 Å². The third kappa shape index (κ3) is 2.31. The zero-order valence-corrected chi connectivity index (χ0v) is 14.5. The molecule has 1 aromatic heterocycles. The highest BCUT2D eigenvalue weighted by Gasteiger charge is 2.45. The molecule has 0 atom stereocenters. The molecule has 4 nitrogen and oxygen atoms in total. The van der Waals surface area contributed by atoms with E-state index in [-0.39, 0.29) is 9.99 Å². The lowest BCUT2D eigenvalue weighted by molar-refractivity contribution is 0.0281. The van der Waals surface area contributed by atoms with Crippen molar-refractivity contribution in [1.29, 1.82) is 0 Å². The maximum absolute atomic E-state index is 12.8. The number of fused-ring (bicyclic) bond motifs is 2. The molecule has 1 spiro atoms. The molecule has 0 unspecified atom stereocenters. The van der Waals surface area contributed by atoms with Crippen LogP contribution in [0.15, 0.2) is 4.42 Å². The van der Waals surface area contributed by atoms with Crippen molar-refractivity contribution >= 4 is 29.4 Å². The fourth-order valence-corrected chi connectivity index (χ4v) is 7.27. The highest BCUT2D eigenvalue weighted by molar-refractivity contribution is 8.20. The molecule has 4 rings (SSSR count). The summed E-state index contributed by atoms with van der Waals surface area (Å²) >= 11 is 4.08. The van der Waals surface area contributed by atoms with Gasteiger partial charge in [0, 0.05) is 42.1 Å². The predicted molar refractivity (Wildman–Crippen MR) is 89.7 cm³/mol. The molecule has 1 aliphatic carbocycles. The second kappa shape index (κ2) is 5.80. The summed E-state index contributed by atoms with van der Waals surface area (Å²) in [6.07, 6.45) is 3.32. The lowest BCUT2D eigenvalue weighted by Gasteiger charge is -2.31. The van der Waals surface area contributed by atoms with Crippen molar-refractivity contribution in [2.75, 3.05) is 37.8 Å². The summed E-state index contributed by atoms with van der Waals surface area (Å²) in [5.74, 6) is 4.06. The van der Waals surface area contributed by atoms with Crippen LogP contribution in [0.1, 0.15) is 40.3 Å². The number of thioether (sulfide) groups is 2. The van der Waals surface area contributed by atoms with Gasteiger partial charge in [-0.15, -0.1) is 23.5 Å². The summed E-state index contributed by atoms with van der Waals surface area (Å²) in [6, 6.07) is 0. The Labute approximate surface area is 139 Å². The van der Waals surface area contributed by atoms with E-state index in [0.29, 0.717) is 32.1 Å². The van der Waals surface area contributed by atoms with E-state index in [1.807, 2.05) is 28.4 Å². The summed E-state index contributed by atoms with van der Waals surface area (Å²) < 4.78 is 11.6. The van der Waals surface area contributed by atoms with Crippen LogP contribution in [0.5, 0.6) is 0 Å². The molecule has 3 heterocycles. The minimum absolute atomic E-state index is 0.0401. The molecule has 6 heteroatoms. The molecule has 0 saturated carbocycles. The number of ether oxygens (including phenoxy) is 1. The van der Waals surface area contributed by atoms with Crippen molar-refractivity contribution < 1.29 is 13.9 Å². The average Bonchev–Trinajstić information content (AvgIpc) is 3.14. The maximum atomic E-state index is 12.8. The first-order valence-corrected chi connectivity index (χ1v) is 9.96. The van der Waals surface area contributed by atoms with Gasteiger partial charge in [-0.1, -0.05) is 0 Å². The van der Waals surface area contributed by atoms with Crippen molar-refractivity contribution in [3.63, 3.8) is 0 Å². The third-order valence-electron chi connectivity index (χ3n) is 4.76. The number of furan rings is 1. The average molecular weight is 339 g/mol. The monoisotopic (exact) mass is 339 g/mol. The van der Waals surface area contributed by atoms with Gasteiger partial charge in [-0.3, -0.25) is 4.79 Å². The molecule has 2 saturated heterocycles. The number of nitrogens with zero attached hydrogens (tertiary/aromatic N) is 1. The Hall–Kier alpha value is -0.590. The molecular weight excluding hydrogens is 318 g/mol. The number of hydrogen-bond acceptors (Lipinski definition) is 5. The van der Waals surface area contributed by atoms with Crippen LogP contribution in [-0.2, 0) is 15.2 Å². The molecule has 120 valence electrons. The zero-order valence-electron chi connectivity index (χ0n) is 12.9. The Kier molecular flexibility index (Phi) is 3.95. The molecule has 2 fully saturated rings. The van der Waals surface area contributed by atoms with Crippen LogP contribution in [0.3, 0.4) is 0 Å². The molecule has 0 bridgehead atoms. The predicted octanol–water partition coefficient (Wildman–Crippen LogP) is 3.03. The number of amides is 1. The minimum Gasteiger partial charge on any atom is -0.455 e.